The van der Waals surface area contributed by atoms with Crippen LogP contribution in [0, 0.1) is 0 Å². The van der Waals surface area contributed by atoms with Crippen LogP contribution < -0.4 is 4.74 Å². The van der Waals surface area contributed by atoms with Crippen LogP contribution in [0.5, 0.6) is 5.75 Å². The van der Waals surface area contributed by atoms with Crippen LogP contribution in [0.2, 0.25) is 5.02 Å². The normalized spacial score (nSPS) is 14.5. The van der Waals surface area contributed by atoms with Gasteiger partial charge >= 0.3 is 6.09 Å². The summed E-state index contributed by atoms with van der Waals surface area (Å²) in [5, 5.41) is 0.612. The highest BCUT2D eigenvalue weighted by atomic mass is 35.5. The maximum atomic E-state index is 12.1. The number of piperazine rings is 1. The zero-order valence-electron chi connectivity index (χ0n) is 12.5. The van der Waals surface area contributed by atoms with Gasteiger partial charge in [-0.1, -0.05) is 11.6 Å². The first-order chi connectivity index (χ1) is 11.1. The van der Waals surface area contributed by atoms with Gasteiger partial charge in [0.1, 0.15) is 12.4 Å². The summed E-state index contributed by atoms with van der Waals surface area (Å²) in [7, 11) is 0. The number of nitrogens with zero attached hydrogens (tertiary/aromatic N) is 2. The highest BCUT2D eigenvalue weighted by Gasteiger charge is 2.25. The maximum absolute atomic E-state index is 12.1. The van der Waals surface area contributed by atoms with Gasteiger partial charge in [0.25, 0.3) is 5.91 Å². The molecule has 126 valence electrons. The molecule has 1 heterocycles. The van der Waals surface area contributed by atoms with Gasteiger partial charge in [-0.3, -0.25) is 4.79 Å². The van der Waals surface area contributed by atoms with Crippen molar-refractivity contribution >= 4 is 35.2 Å². The van der Waals surface area contributed by atoms with Gasteiger partial charge in [-0.15, -0.1) is 11.6 Å². The lowest BCUT2D eigenvalue weighted by Crippen LogP contribution is -2.51. The number of amides is 2. The first-order valence-corrected chi connectivity index (χ1v) is 8.15. The Bertz CT molecular complexity index is 531. The van der Waals surface area contributed by atoms with Crippen LogP contribution in [0.4, 0.5) is 4.79 Å². The van der Waals surface area contributed by atoms with Crippen molar-refractivity contribution in [1.82, 2.24) is 9.80 Å². The largest absolute Gasteiger partial charge is 0.484 e. The van der Waals surface area contributed by atoms with E-state index in [4.69, 9.17) is 32.7 Å². The molecule has 23 heavy (non-hydrogen) atoms. The van der Waals surface area contributed by atoms with Gasteiger partial charge in [0.15, 0.2) is 6.61 Å². The van der Waals surface area contributed by atoms with Crippen LogP contribution in [0.1, 0.15) is 0 Å². The Kier molecular flexibility index (Phi) is 6.80. The van der Waals surface area contributed by atoms with E-state index < -0.39 is 6.09 Å². The number of ether oxygens (including phenoxy) is 2. The Balaban J connectivity index is 1.73. The average Bonchev–Trinajstić information content (AvgIpc) is 2.59. The Morgan fingerprint density at radius 3 is 2.26 bits per heavy atom. The zero-order valence-corrected chi connectivity index (χ0v) is 14.1. The summed E-state index contributed by atoms with van der Waals surface area (Å²) in [5.41, 5.74) is 0. The van der Waals surface area contributed by atoms with Crippen molar-refractivity contribution in [2.75, 3.05) is 45.3 Å². The lowest BCUT2D eigenvalue weighted by molar-refractivity contribution is -0.134. The van der Waals surface area contributed by atoms with E-state index in [2.05, 4.69) is 0 Å². The predicted octanol–water partition coefficient (Wildman–Crippen LogP) is 2.24. The summed E-state index contributed by atoms with van der Waals surface area (Å²) >= 11 is 11.3. The Hall–Kier alpha value is -1.66. The third-order valence-corrected chi connectivity index (χ3v) is 3.78. The molecule has 1 fully saturated rings. The second kappa shape index (κ2) is 8.84. The van der Waals surface area contributed by atoms with E-state index in [1.807, 2.05) is 0 Å². The van der Waals surface area contributed by atoms with Crippen molar-refractivity contribution in [3.63, 3.8) is 0 Å². The van der Waals surface area contributed by atoms with Crippen LogP contribution in [0.25, 0.3) is 0 Å². The molecule has 1 aliphatic rings. The highest BCUT2D eigenvalue weighted by Crippen LogP contribution is 2.15. The molecule has 0 aliphatic carbocycles. The number of halogens is 2. The van der Waals surface area contributed by atoms with Crippen molar-refractivity contribution in [1.29, 1.82) is 0 Å². The van der Waals surface area contributed by atoms with Crippen LogP contribution in [0.15, 0.2) is 24.3 Å². The molecule has 0 radical (unpaired) electrons. The minimum absolute atomic E-state index is 0.0433. The van der Waals surface area contributed by atoms with E-state index in [1.54, 1.807) is 34.1 Å². The van der Waals surface area contributed by atoms with Gasteiger partial charge in [-0.2, -0.15) is 0 Å². The molecule has 1 saturated heterocycles. The van der Waals surface area contributed by atoms with E-state index in [9.17, 15) is 9.59 Å². The topological polar surface area (TPSA) is 59.1 Å². The van der Waals surface area contributed by atoms with Crippen molar-refractivity contribution in [2.45, 2.75) is 0 Å². The minimum atomic E-state index is -0.393. The standard InChI is InChI=1S/C15H18Cl2N2O4/c16-5-10-22-15(21)19-8-6-18(7-9-19)14(20)11-23-13-3-1-12(17)2-4-13/h1-4H,5-11H2. The first-order valence-electron chi connectivity index (χ1n) is 7.24. The average molecular weight is 361 g/mol. The molecule has 0 atom stereocenters. The van der Waals surface area contributed by atoms with Gasteiger partial charge in [-0.25, -0.2) is 4.79 Å². The van der Waals surface area contributed by atoms with Gasteiger partial charge in [0.2, 0.25) is 0 Å². The Morgan fingerprint density at radius 1 is 1.04 bits per heavy atom. The van der Waals surface area contributed by atoms with Crippen molar-refractivity contribution in [3.8, 4) is 5.75 Å². The molecule has 6 nitrogen and oxygen atoms in total. The summed E-state index contributed by atoms with van der Waals surface area (Å²) in [6, 6.07) is 6.82. The summed E-state index contributed by atoms with van der Waals surface area (Å²) in [6.45, 7) is 1.94. The number of carbonyl (C=O) groups is 2. The fraction of sp³-hybridized carbons (Fsp3) is 0.467. The molecule has 0 N–H and O–H groups in total. The summed E-state index contributed by atoms with van der Waals surface area (Å²) in [5.74, 6) is 0.742. The lowest BCUT2D eigenvalue weighted by atomic mass is 10.3. The van der Waals surface area contributed by atoms with E-state index in [-0.39, 0.29) is 25.0 Å². The smallest absolute Gasteiger partial charge is 0.409 e. The molecule has 1 aromatic carbocycles. The molecule has 8 heteroatoms. The Morgan fingerprint density at radius 2 is 1.65 bits per heavy atom. The molecule has 0 saturated carbocycles. The van der Waals surface area contributed by atoms with E-state index in [0.29, 0.717) is 37.0 Å². The molecule has 0 spiro atoms. The zero-order chi connectivity index (χ0) is 16.7. The number of alkyl halides is 1. The Labute approximate surface area is 144 Å². The van der Waals surface area contributed by atoms with Crippen LogP contribution in [-0.2, 0) is 9.53 Å². The number of hydrogen-bond donors (Lipinski definition) is 0. The van der Waals surface area contributed by atoms with Crippen molar-refractivity contribution in [2.24, 2.45) is 0 Å². The molecule has 0 aromatic heterocycles. The third-order valence-electron chi connectivity index (χ3n) is 3.37. The van der Waals surface area contributed by atoms with Crippen LogP contribution in [0.3, 0.4) is 0 Å². The quantitative estimate of drug-likeness (QED) is 0.755. The van der Waals surface area contributed by atoms with E-state index >= 15 is 0 Å². The predicted molar refractivity (Wildman–Crippen MR) is 87.2 cm³/mol. The summed E-state index contributed by atoms with van der Waals surface area (Å²) < 4.78 is 10.4. The summed E-state index contributed by atoms with van der Waals surface area (Å²) in [6.07, 6.45) is -0.393. The minimum Gasteiger partial charge on any atom is -0.484 e. The van der Waals surface area contributed by atoms with E-state index in [1.165, 1.54) is 0 Å². The summed E-state index contributed by atoms with van der Waals surface area (Å²) in [4.78, 5) is 27.0. The van der Waals surface area contributed by atoms with Crippen LogP contribution >= 0.6 is 23.2 Å². The lowest BCUT2D eigenvalue weighted by Gasteiger charge is -2.34. The van der Waals surface area contributed by atoms with Crippen molar-refractivity contribution in [3.05, 3.63) is 29.3 Å². The number of hydrogen-bond acceptors (Lipinski definition) is 4. The van der Waals surface area contributed by atoms with Gasteiger partial charge in [-0.05, 0) is 24.3 Å². The third kappa shape index (κ3) is 5.48. The monoisotopic (exact) mass is 360 g/mol. The van der Waals surface area contributed by atoms with E-state index in [0.717, 1.165) is 0 Å². The maximum Gasteiger partial charge on any atom is 0.409 e. The van der Waals surface area contributed by atoms with Gasteiger partial charge in [0.05, 0.1) is 5.88 Å². The molecular formula is C15H18Cl2N2O4. The fourth-order valence-electron chi connectivity index (χ4n) is 2.12. The highest BCUT2D eigenvalue weighted by molar-refractivity contribution is 6.30. The SMILES string of the molecule is O=C(COc1ccc(Cl)cc1)N1CCN(C(=O)OCCCl)CC1. The molecule has 1 aliphatic heterocycles. The molecule has 2 amide bonds. The molecule has 0 bridgehead atoms. The van der Waals surface area contributed by atoms with Gasteiger partial charge < -0.3 is 19.3 Å². The second-order valence-corrected chi connectivity index (χ2v) is 5.73. The van der Waals surface area contributed by atoms with Gasteiger partial charge in [0, 0.05) is 31.2 Å². The molecule has 2 rings (SSSR count). The fourth-order valence-corrected chi connectivity index (χ4v) is 2.33. The molecular weight excluding hydrogens is 343 g/mol. The molecule has 0 unspecified atom stereocenters. The van der Waals surface area contributed by atoms with Crippen molar-refractivity contribution < 1.29 is 19.1 Å². The number of carbonyl (C=O) groups excluding carboxylic acids is 2. The number of rotatable bonds is 5. The first kappa shape index (κ1) is 17.7. The number of benzene rings is 1. The second-order valence-electron chi connectivity index (χ2n) is 4.91. The van der Waals surface area contributed by atoms with Crippen LogP contribution in [-0.4, -0.2) is 67.1 Å². The molecule has 1 aromatic rings.